The Hall–Kier alpha value is -1.01. The largest absolute Gasteiger partial charge is 0.381 e. The highest BCUT2D eigenvalue weighted by Gasteiger charge is 2.08. The molecule has 0 aliphatic heterocycles. The number of hydrogen-bond donors (Lipinski definition) is 1. The third kappa shape index (κ3) is 2.51. The number of thiophene rings is 1. The predicted octanol–water partition coefficient (Wildman–Crippen LogP) is 2.72. The number of aromatic nitrogens is 1. The van der Waals surface area contributed by atoms with E-state index in [9.17, 15) is 0 Å². The van der Waals surface area contributed by atoms with Gasteiger partial charge in [-0.2, -0.15) is 0 Å². The van der Waals surface area contributed by atoms with Gasteiger partial charge in [-0.3, -0.25) is 0 Å². The van der Waals surface area contributed by atoms with Gasteiger partial charge < -0.3 is 15.2 Å². The Bertz CT molecular complexity index is 454. The van der Waals surface area contributed by atoms with Gasteiger partial charge in [0, 0.05) is 13.1 Å². The van der Waals surface area contributed by atoms with E-state index in [4.69, 9.17) is 10.3 Å². The van der Waals surface area contributed by atoms with Gasteiger partial charge in [-0.15, -0.1) is 11.3 Å². The van der Waals surface area contributed by atoms with Crippen LogP contribution in [-0.4, -0.2) is 12.2 Å². The van der Waals surface area contributed by atoms with Crippen molar-refractivity contribution in [2.75, 3.05) is 17.7 Å². The minimum absolute atomic E-state index is 0.422. The molecule has 15 heavy (non-hydrogen) atoms. The van der Waals surface area contributed by atoms with E-state index in [-0.39, 0.29) is 0 Å². The summed E-state index contributed by atoms with van der Waals surface area (Å²) < 4.78 is 6.15. The number of halogens is 1. The molecular formula is C9H10BrN3OS. The SMILES string of the molecule is CN(Cc1cc(N)no1)c1ccc(Br)s1. The quantitative estimate of drug-likeness (QED) is 0.943. The number of hydrogen-bond acceptors (Lipinski definition) is 5. The number of anilines is 2. The smallest absolute Gasteiger partial charge is 0.167 e. The number of rotatable bonds is 3. The molecule has 0 saturated carbocycles. The second-order valence-electron chi connectivity index (χ2n) is 3.15. The fraction of sp³-hybridized carbons (Fsp3) is 0.222. The molecular weight excluding hydrogens is 278 g/mol. The zero-order valence-electron chi connectivity index (χ0n) is 8.11. The summed E-state index contributed by atoms with van der Waals surface area (Å²) in [5.74, 6) is 1.19. The van der Waals surface area contributed by atoms with E-state index in [1.807, 2.05) is 13.1 Å². The molecule has 0 aromatic carbocycles. The Morgan fingerprint density at radius 2 is 2.40 bits per heavy atom. The summed E-state index contributed by atoms with van der Waals surface area (Å²) in [6, 6.07) is 5.80. The van der Waals surface area contributed by atoms with E-state index in [2.05, 4.69) is 32.1 Å². The first-order chi connectivity index (χ1) is 7.15. The molecule has 0 aliphatic rings. The lowest BCUT2D eigenvalue weighted by atomic mass is 10.4. The zero-order valence-corrected chi connectivity index (χ0v) is 10.5. The summed E-state index contributed by atoms with van der Waals surface area (Å²) in [5, 5.41) is 4.80. The minimum atomic E-state index is 0.422. The predicted molar refractivity (Wildman–Crippen MR) is 65.0 cm³/mol. The fourth-order valence-electron chi connectivity index (χ4n) is 1.23. The summed E-state index contributed by atoms with van der Waals surface area (Å²) in [7, 11) is 2.00. The average molecular weight is 288 g/mol. The molecule has 0 radical (unpaired) electrons. The van der Waals surface area contributed by atoms with Gasteiger partial charge >= 0.3 is 0 Å². The monoisotopic (exact) mass is 287 g/mol. The van der Waals surface area contributed by atoms with Crippen molar-refractivity contribution in [2.24, 2.45) is 0 Å². The molecule has 0 bridgehead atoms. The van der Waals surface area contributed by atoms with Crippen molar-refractivity contribution in [3.8, 4) is 0 Å². The molecule has 0 fully saturated rings. The molecule has 2 rings (SSSR count). The molecule has 0 aliphatic carbocycles. The van der Waals surface area contributed by atoms with E-state index < -0.39 is 0 Å². The van der Waals surface area contributed by atoms with Crippen LogP contribution in [0.1, 0.15) is 5.76 Å². The molecule has 80 valence electrons. The molecule has 0 unspecified atom stereocenters. The molecule has 2 aromatic rings. The van der Waals surface area contributed by atoms with Gasteiger partial charge in [0.1, 0.15) is 0 Å². The fourth-order valence-corrected chi connectivity index (χ4v) is 2.55. The van der Waals surface area contributed by atoms with Crippen molar-refractivity contribution < 1.29 is 4.52 Å². The highest BCUT2D eigenvalue weighted by molar-refractivity contribution is 9.11. The van der Waals surface area contributed by atoms with Gasteiger partial charge in [0.15, 0.2) is 11.6 Å². The van der Waals surface area contributed by atoms with Crippen molar-refractivity contribution in [1.29, 1.82) is 0 Å². The van der Waals surface area contributed by atoms with Crippen LogP contribution in [0.5, 0.6) is 0 Å². The van der Waals surface area contributed by atoms with Crippen LogP contribution in [0.4, 0.5) is 10.8 Å². The Balaban J connectivity index is 2.06. The summed E-state index contributed by atoms with van der Waals surface area (Å²) in [5.41, 5.74) is 5.47. The third-order valence-corrected chi connectivity index (χ3v) is 3.64. The van der Waals surface area contributed by atoms with Gasteiger partial charge in [-0.05, 0) is 28.1 Å². The zero-order chi connectivity index (χ0) is 10.8. The molecule has 0 spiro atoms. The number of nitrogen functional groups attached to an aromatic ring is 1. The molecule has 2 heterocycles. The molecule has 0 saturated heterocycles. The normalized spacial score (nSPS) is 10.5. The summed E-state index contributed by atoms with van der Waals surface area (Å²) >= 11 is 5.10. The van der Waals surface area contributed by atoms with E-state index in [1.54, 1.807) is 17.4 Å². The molecule has 2 N–H and O–H groups in total. The lowest BCUT2D eigenvalue weighted by Crippen LogP contribution is -2.14. The van der Waals surface area contributed by atoms with Crippen LogP contribution in [0.15, 0.2) is 26.5 Å². The molecule has 4 nitrogen and oxygen atoms in total. The van der Waals surface area contributed by atoms with Crippen LogP contribution in [0.3, 0.4) is 0 Å². The molecule has 2 aromatic heterocycles. The van der Waals surface area contributed by atoms with Crippen molar-refractivity contribution in [2.45, 2.75) is 6.54 Å². The van der Waals surface area contributed by atoms with Gasteiger partial charge in [0.25, 0.3) is 0 Å². The van der Waals surface area contributed by atoms with E-state index in [0.717, 1.165) is 14.5 Å². The number of nitrogens with zero attached hydrogens (tertiary/aromatic N) is 2. The maximum Gasteiger partial charge on any atom is 0.167 e. The maximum absolute atomic E-state index is 5.47. The van der Waals surface area contributed by atoms with Crippen molar-refractivity contribution in [1.82, 2.24) is 5.16 Å². The Morgan fingerprint density at radius 3 is 2.93 bits per heavy atom. The summed E-state index contributed by atoms with van der Waals surface area (Å²) in [6.45, 7) is 0.664. The Morgan fingerprint density at radius 1 is 1.60 bits per heavy atom. The van der Waals surface area contributed by atoms with Crippen LogP contribution in [-0.2, 0) is 6.54 Å². The van der Waals surface area contributed by atoms with Crippen LogP contribution < -0.4 is 10.6 Å². The molecule has 6 heteroatoms. The highest BCUT2D eigenvalue weighted by atomic mass is 79.9. The van der Waals surface area contributed by atoms with Gasteiger partial charge in [0.05, 0.1) is 15.3 Å². The summed E-state index contributed by atoms with van der Waals surface area (Å²) in [4.78, 5) is 2.08. The van der Waals surface area contributed by atoms with Crippen molar-refractivity contribution >= 4 is 38.1 Å². The van der Waals surface area contributed by atoms with Crippen LogP contribution in [0, 0.1) is 0 Å². The first kappa shape index (κ1) is 10.5. The van der Waals surface area contributed by atoms with E-state index in [1.165, 1.54) is 0 Å². The van der Waals surface area contributed by atoms with E-state index in [0.29, 0.717) is 12.4 Å². The van der Waals surface area contributed by atoms with Crippen molar-refractivity contribution in [3.63, 3.8) is 0 Å². The summed E-state index contributed by atoms with van der Waals surface area (Å²) in [6.07, 6.45) is 0. The lowest BCUT2D eigenvalue weighted by molar-refractivity contribution is 0.386. The van der Waals surface area contributed by atoms with Crippen LogP contribution in [0.25, 0.3) is 0 Å². The first-order valence-corrected chi connectivity index (χ1v) is 5.93. The Kier molecular flexibility index (Phi) is 2.97. The Labute approximate surface area is 99.8 Å². The first-order valence-electron chi connectivity index (χ1n) is 4.32. The second kappa shape index (κ2) is 4.24. The van der Waals surface area contributed by atoms with Crippen LogP contribution in [0.2, 0.25) is 0 Å². The topological polar surface area (TPSA) is 55.3 Å². The maximum atomic E-state index is 5.47. The van der Waals surface area contributed by atoms with Crippen molar-refractivity contribution in [3.05, 3.63) is 27.7 Å². The highest BCUT2D eigenvalue weighted by Crippen LogP contribution is 2.29. The van der Waals surface area contributed by atoms with E-state index >= 15 is 0 Å². The van der Waals surface area contributed by atoms with Crippen LogP contribution >= 0.6 is 27.3 Å². The van der Waals surface area contributed by atoms with Gasteiger partial charge in [-0.1, -0.05) is 5.16 Å². The average Bonchev–Trinajstić information content (AvgIpc) is 2.75. The standard InChI is InChI=1S/C9H10BrN3OS/c1-13(9-3-2-7(10)15-9)5-6-4-8(11)12-14-6/h2-4H,5H2,1H3,(H2,11,12). The second-order valence-corrected chi connectivity index (χ2v) is 5.59. The molecule has 0 amide bonds. The van der Waals surface area contributed by atoms with Gasteiger partial charge in [0.2, 0.25) is 0 Å². The van der Waals surface area contributed by atoms with Gasteiger partial charge in [-0.25, -0.2) is 0 Å². The molecule has 0 atom stereocenters. The number of nitrogens with two attached hydrogens (primary N) is 1. The lowest BCUT2D eigenvalue weighted by Gasteiger charge is -2.14. The minimum Gasteiger partial charge on any atom is -0.381 e. The third-order valence-electron chi connectivity index (χ3n) is 1.91.